The molecule has 2 aliphatic rings. The van der Waals surface area contributed by atoms with Gasteiger partial charge in [0, 0.05) is 0 Å². The third-order valence-corrected chi connectivity index (χ3v) is 7.35. The lowest BCUT2D eigenvalue weighted by Gasteiger charge is -2.34. The molecule has 1 aromatic carbocycles. The summed E-state index contributed by atoms with van der Waals surface area (Å²) in [6.45, 7) is 4.15. The molecule has 1 saturated heterocycles. The van der Waals surface area contributed by atoms with Crippen LogP contribution in [0.4, 0.5) is 0 Å². The summed E-state index contributed by atoms with van der Waals surface area (Å²) in [4.78, 5) is 0. The number of methoxy groups -OCH3 is 1. The Bertz CT molecular complexity index is 678. The van der Waals surface area contributed by atoms with Crippen LogP contribution in [0.1, 0.15) is 42.4 Å². The van der Waals surface area contributed by atoms with Crippen molar-refractivity contribution in [2.45, 2.75) is 50.0 Å². The molecule has 3 rings (SSSR count). The van der Waals surface area contributed by atoms with Crippen molar-refractivity contribution >= 4 is 15.4 Å². The Balaban J connectivity index is 2.08. The van der Waals surface area contributed by atoms with E-state index in [1.54, 1.807) is 7.11 Å². The zero-order chi connectivity index (χ0) is 15.2. The van der Waals surface area contributed by atoms with E-state index in [2.05, 4.69) is 13.8 Å². The van der Waals surface area contributed by atoms with Crippen molar-refractivity contribution < 1.29 is 13.2 Å². The smallest absolute Gasteiger partial charge is 0.159 e. The van der Waals surface area contributed by atoms with Gasteiger partial charge in [0.1, 0.15) is 5.75 Å². The molecule has 3 nitrogen and oxygen atoms in total. The predicted octanol–water partition coefficient (Wildman–Crippen LogP) is 3.44. The van der Waals surface area contributed by atoms with E-state index < -0.39 is 9.84 Å². The van der Waals surface area contributed by atoms with Crippen LogP contribution in [0, 0.1) is 13.8 Å². The van der Waals surface area contributed by atoms with Crippen molar-refractivity contribution in [1.29, 1.82) is 0 Å². The molecule has 0 aliphatic carbocycles. The van der Waals surface area contributed by atoms with Crippen molar-refractivity contribution in [3.05, 3.63) is 34.9 Å². The number of fused-ring (bicyclic) bond motifs is 2. The minimum absolute atomic E-state index is 0.183. The van der Waals surface area contributed by atoms with Gasteiger partial charge in [-0.15, -0.1) is 0 Å². The zero-order valence-electron chi connectivity index (χ0n) is 12.8. The fraction of sp³-hybridized carbons (Fsp3) is 0.529. The highest BCUT2D eigenvalue weighted by atomic mass is 32.2. The highest BCUT2D eigenvalue weighted by molar-refractivity contribution is 7.93. The first-order chi connectivity index (χ1) is 9.93. The van der Waals surface area contributed by atoms with E-state index in [1.807, 2.05) is 18.2 Å². The van der Waals surface area contributed by atoms with Crippen molar-refractivity contribution in [2.24, 2.45) is 0 Å². The molecule has 4 heteroatoms. The first-order valence-electron chi connectivity index (χ1n) is 7.52. The average Bonchev–Trinajstić information content (AvgIpc) is 2.38. The highest BCUT2D eigenvalue weighted by Crippen LogP contribution is 2.41. The number of hydrogen-bond acceptors (Lipinski definition) is 3. The van der Waals surface area contributed by atoms with Crippen LogP contribution in [0.5, 0.6) is 5.75 Å². The van der Waals surface area contributed by atoms with Gasteiger partial charge < -0.3 is 4.74 Å². The molecule has 1 aromatic rings. The number of ether oxygens (including phenoxy) is 1. The summed E-state index contributed by atoms with van der Waals surface area (Å²) in [5.74, 6) is 0.859. The average molecular weight is 306 g/mol. The number of allylic oxidation sites excluding steroid dienone is 1. The third kappa shape index (κ3) is 2.39. The second-order valence-electron chi connectivity index (χ2n) is 6.21. The molecule has 2 aliphatic heterocycles. The van der Waals surface area contributed by atoms with E-state index in [1.165, 1.54) is 11.1 Å². The molecule has 1 fully saturated rings. The first kappa shape index (κ1) is 14.6. The van der Waals surface area contributed by atoms with E-state index in [9.17, 15) is 8.42 Å². The molecular weight excluding hydrogens is 284 g/mol. The lowest BCUT2D eigenvalue weighted by atomic mass is 9.88. The molecule has 0 saturated carbocycles. The van der Waals surface area contributed by atoms with Crippen LogP contribution >= 0.6 is 0 Å². The van der Waals surface area contributed by atoms with E-state index in [0.717, 1.165) is 36.1 Å². The Kier molecular flexibility index (Phi) is 3.60. The molecular formula is C17H22O3S. The summed E-state index contributed by atoms with van der Waals surface area (Å²) in [5.41, 5.74) is 4.74. The number of rotatable bonds is 2. The molecule has 0 amide bonds. The van der Waals surface area contributed by atoms with E-state index >= 15 is 0 Å². The Morgan fingerprint density at radius 1 is 1.14 bits per heavy atom. The Hall–Kier alpha value is -1.29. The summed E-state index contributed by atoms with van der Waals surface area (Å²) in [5, 5.41) is -0.460. The number of hydrogen-bond donors (Lipinski definition) is 0. The van der Waals surface area contributed by atoms with Crippen LogP contribution in [0.25, 0.3) is 5.57 Å². The van der Waals surface area contributed by atoms with Gasteiger partial charge in [-0.05, 0) is 67.5 Å². The van der Waals surface area contributed by atoms with Gasteiger partial charge in [0.2, 0.25) is 0 Å². The topological polar surface area (TPSA) is 43.4 Å². The molecule has 0 spiro atoms. The maximum atomic E-state index is 12.4. The first-order valence-corrected chi connectivity index (χ1v) is 9.13. The van der Waals surface area contributed by atoms with Crippen LogP contribution < -0.4 is 4.74 Å². The molecule has 0 radical (unpaired) electrons. The second-order valence-corrected chi connectivity index (χ2v) is 8.66. The van der Waals surface area contributed by atoms with Crippen molar-refractivity contribution in [2.75, 3.05) is 7.11 Å². The lowest BCUT2D eigenvalue weighted by Crippen LogP contribution is -2.38. The normalized spacial score (nSPS) is 27.1. The molecule has 114 valence electrons. The van der Waals surface area contributed by atoms with E-state index in [-0.39, 0.29) is 10.5 Å². The van der Waals surface area contributed by atoms with Crippen LogP contribution in [-0.4, -0.2) is 26.0 Å². The fourth-order valence-electron chi connectivity index (χ4n) is 3.79. The van der Waals surface area contributed by atoms with Gasteiger partial charge in [-0.25, -0.2) is 8.42 Å². The lowest BCUT2D eigenvalue weighted by molar-refractivity contribution is 0.414. The van der Waals surface area contributed by atoms with Gasteiger partial charge in [0.25, 0.3) is 0 Å². The molecule has 21 heavy (non-hydrogen) atoms. The van der Waals surface area contributed by atoms with Gasteiger partial charge in [0.05, 0.1) is 17.6 Å². The summed E-state index contributed by atoms with van der Waals surface area (Å²) >= 11 is 0. The minimum atomic E-state index is -2.95. The van der Waals surface area contributed by atoms with Gasteiger partial charge >= 0.3 is 0 Å². The Morgan fingerprint density at radius 2 is 1.81 bits per heavy atom. The maximum Gasteiger partial charge on any atom is 0.159 e. The van der Waals surface area contributed by atoms with Crippen LogP contribution in [0.2, 0.25) is 0 Å². The minimum Gasteiger partial charge on any atom is -0.497 e. The van der Waals surface area contributed by atoms with Gasteiger partial charge in [-0.1, -0.05) is 12.5 Å². The summed E-state index contributed by atoms with van der Waals surface area (Å²) in [6.07, 6.45) is 5.28. The van der Waals surface area contributed by atoms with Gasteiger partial charge in [-0.2, -0.15) is 0 Å². The number of aryl methyl sites for hydroxylation is 2. The fourth-order valence-corrected chi connectivity index (χ4v) is 6.04. The van der Waals surface area contributed by atoms with E-state index in [4.69, 9.17) is 4.74 Å². The molecule has 2 unspecified atom stereocenters. The molecule has 0 aromatic heterocycles. The maximum absolute atomic E-state index is 12.4. The van der Waals surface area contributed by atoms with Crippen molar-refractivity contribution in [3.63, 3.8) is 0 Å². The Labute approximate surface area is 126 Å². The zero-order valence-corrected chi connectivity index (χ0v) is 13.7. The SMILES string of the molecule is COc1cc(C)c(C2=CC3CCCC(C2)S3(=O)=O)c(C)c1. The van der Waals surface area contributed by atoms with Crippen molar-refractivity contribution in [1.82, 2.24) is 0 Å². The Morgan fingerprint density at radius 3 is 2.38 bits per heavy atom. The van der Waals surface area contributed by atoms with Gasteiger partial charge in [0.15, 0.2) is 9.84 Å². The predicted molar refractivity (Wildman–Crippen MR) is 85.4 cm³/mol. The second kappa shape index (κ2) is 5.16. The molecule has 2 atom stereocenters. The standard InChI is InChI=1S/C17H22O3S/c1-11-7-14(20-3)8-12(2)17(11)13-9-15-5-4-6-16(10-13)21(15,18)19/h7-9,15-16H,4-6,10H2,1-3H3. The van der Waals surface area contributed by atoms with Crippen LogP contribution in [0.3, 0.4) is 0 Å². The van der Waals surface area contributed by atoms with Crippen LogP contribution in [0.15, 0.2) is 18.2 Å². The van der Waals surface area contributed by atoms with E-state index in [0.29, 0.717) is 6.42 Å². The van der Waals surface area contributed by atoms with Gasteiger partial charge in [-0.3, -0.25) is 0 Å². The molecule has 2 bridgehead atoms. The summed E-state index contributed by atoms with van der Waals surface area (Å²) in [6, 6.07) is 4.06. The number of sulfone groups is 1. The van der Waals surface area contributed by atoms with Crippen molar-refractivity contribution in [3.8, 4) is 5.75 Å². The number of benzene rings is 1. The summed E-state index contributed by atoms with van der Waals surface area (Å²) < 4.78 is 30.1. The molecule has 2 heterocycles. The third-order valence-electron chi connectivity index (χ3n) is 4.80. The quantitative estimate of drug-likeness (QED) is 0.840. The summed E-state index contributed by atoms with van der Waals surface area (Å²) in [7, 11) is -1.27. The monoisotopic (exact) mass is 306 g/mol. The highest BCUT2D eigenvalue weighted by Gasteiger charge is 2.40. The van der Waals surface area contributed by atoms with Crippen LogP contribution in [-0.2, 0) is 9.84 Å². The molecule has 0 N–H and O–H groups in total. The largest absolute Gasteiger partial charge is 0.497 e.